The molecule has 0 saturated heterocycles. The lowest BCUT2D eigenvalue weighted by Gasteiger charge is -1.60. The molecule has 0 atom stereocenters. The smallest absolute Gasteiger partial charge is 0.450 e. The first-order valence-electron chi connectivity index (χ1n) is 0.818. The first kappa shape index (κ1) is 8.99. The molecule has 0 aromatic rings. The predicted molar refractivity (Wildman–Crippen MR) is 18.8 cm³/mol. The maximum Gasteiger partial charge on any atom is 0.503 e. The van der Waals surface area contributed by atoms with Gasteiger partial charge in [-0.05, 0) is 0 Å². The van der Waals surface area contributed by atoms with Crippen LogP contribution in [-0.4, -0.2) is 20.6 Å². The highest BCUT2D eigenvalue weighted by atomic mass is 32.1. The third-order valence-corrected chi connectivity index (χ3v) is 0. The molecule has 0 radical (unpaired) electrons. The van der Waals surface area contributed by atoms with Crippen molar-refractivity contribution in [2.45, 2.75) is 0 Å². The molecule has 0 bridgehead atoms. The molecule has 0 fully saturated rings. The van der Waals surface area contributed by atoms with Gasteiger partial charge in [0.25, 0.3) is 0 Å². The molecule has 0 aromatic heterocycles. The zero-order chi connectivity index (χ0) is 5.58. The lowest BCUT2D eigenvalue weighted by molar-refractivity contribution is 0.137. The topological polar surface area (TPSA) is 74.6 Å². The Balaban J connectivity index is 0. The van der Waals surface area contributed by atoms with E-state index in [9.17, 15) is 0 Å². The fraction of sp³-hybridized carbons (Fsp3) is 0. The van der Waals surface area contributed by atoms with Gasteiger partial charge in [0.15, 0.2) is 12.5 Å². The van der Waals surface area contributed by atoms with Crippen LogP contribution in [0.1, 0.15) is 0 Å². The maximum atomic E-state index is 8.56. The summed E-state index contributed by atoms with van der Waals surface area (Å²) in [6.07, 6.45) is -1.83. The second kappa shape index (κ2) is 8.85. The van der Waals surface area contributed by atoms with Crippen LogP contribution in [0.15, 0.2) is 0 Å². The Morgan fingerprint density at radius 2 is 1.33 bits per heavy atom. The van der Waals surface area contributed by atoms with Gasteiger partial charge in [-0.25, -0.2) is 4.79 Å². The van der Waals surface area contributed by atoms with Gasteiger partial charge in [-0.2, -0.15) is 4.21 Å². The van der Waals surface area contributed by atoms with Gasteiger partial charge < -0.3 is 10.2 Å². The summed E-state index contributed by atoms with van der Waals surface area (Å²) in [4.78, 5) is 8.56. The Hall–Kier alpha value is -0.710. The van der Waals surface area contributed by atoms with Crippen LogP contribution in [0.3, 0.4) is 0 Å². The van der Waals surface area contributed by atoms with E-state index in [1.54, 1.807) is 0 Å². The van der Waals surface area contributed by atoms with Crippen LogP contribution < -0.4 is 0 Å². The summed E-state index contributed by atoms with van der Waals surface area (Å²) >= 11 is 2.83. The normalized spacial score (nSPS) is 4.67. The highest BCUT2D eigenvalue weighted by Crippen LogP contribution is 1.42. The van der Waals surface area contributed by atoms with Crippen molar-refractivity contribution >= 4 is 18.7 Å². The molecular formula is CH2O4S. The van der Waals surface area contributed by atoms with E-state index >= 15 is 0 Å². The van der Waals surface area contributed by atoms with Crippen LogP contribution in [-0.2, 0) is 12.5 Å². The van der Waals surface area contributed by atoms with E-state index in [4.69, 9.17) is 19.2 Å². The third-order valence-electron chi connectivity index (χ3n) is 0. The van der Waals surface area contributed by atoms with Crippen LogP contribution in [0.5, 0.6) is 0 Å². The average molecular weight is 110 g/mol. The van der Waals surface area contributed by atoms with Crippen molar-refractivity contribution in [3.63, 3.8) is 0 Å². The summed E-state index contributed by atoms with van der Waals surface area (Å²) in [5.74, 6) is 0. The second-order valence-corrected chi connectivity index (χ2v) is 0.283. The molecule has 5 heteroatoms. The largest absolute Gasteiger partial charge is 0.503 e. The molecule has 0 heterocycles. The van der Waals surface area contributed by atoms with Gasteiger partial charge in [0, 0.05) is 0 Å². The predicted octanol–water partition coefficient (Wildman–Crippen LogP) is -0.114. The van der Waals surface area contributed by atoms with Crippen molar-refractivity contribution in [1.29, 1.82) is 0 Å². The first-order chi connectivity index (χ1) is 2.73. The summed E-state index contributed by atoms with van der Waals surface area (Å²) in [6, 6.07) is 0. The van der Waals surface area contributed by atoms with Gasteiger partial charge in [0.05, 0.1) is 0 Å². The van der Waals surface area contributed by atoms with Crippen LogP contribution >= 0.6 is 0 Å². The molecule has 0 unspecified atom stereocenters. The minimum Gasteiger partial charge on any atom is -0.450 e. The van der Waals surface area contributed by atoms with E-state index in [-0.39, 0.29) is 0 Å². The van der Waals surface area contributed by atoms with Gasteiger partial charge in [0.1, 0.15) is 0 Å². The number of carbonyl (C=O) groups is 1. The van der Waals surface area contributed by atoms with Crippen molar-refractivity contribution in [2.24, 2.45) is 0 Å². The lowest BCUT2D eigenvalue weighted by atomic mass is 11.5. The van der Waals surface area contributed by atoms with Crippen molar-refractivity contribution < 1.29 is 19.2 Å². The third kappa shape index (κ3) is 34.2. The highest BCUT2D eigenvalue weighted by Gasteiger charge is 1.70. The Bertz CT molecular complexity index is 38.8. The monoisotopic (exact) mass is 110 g/mol. The number of hydrogen-bond donors (Lipinski definition) is 2. The van der Waals surface area contributed by atoms with Gasteiger partial charge in [-0.1, -0.05) is 0 Å². The fourth-order valence-electron chi connectivity index (χ4n) is 0. The summed E-state index contributed by atoms with van der Waals surface area (Å²) in [5.41, 5.74) is 0. The van der Waals surface area contributed by atoms with Crippen LogP contribution in [0.4, 0.5) is 4.79 Å². The molecule has 2 N–H and O–H groups in total. The number of hydrogen-bond acceptors (Lipinski definition) is 3. The Labute approximate surface area is 38.9 Å². The van der Waals surface area contributed by atoms with E-state index in [1.807, 2.05) is 0 Å². The number of rotatable bonds is 0. The average Bonchev–Trinajstić information content (AvgIpc) is 1.41. The standard InChI is InChI=1S/CH2O3.OS/c2-1(3)4;1-2/h(H2,2,3,4);. The minimum atomic E-state index is -1.83. The summed E-state index contributed by atoms with van der Waals surface area (Å²) in [5, 5.41) is 13.9. The highest BCUT2D eigenvalue weighted by molar-refractivity contribution is 7.44. The lowest BCUT2D eigenvalue weighted by Crippen LogP contribution is -1.81. The van der Waals surface area contributed by atoms with Crippen molar-refractivity contribution in [1.82, 2.24) is 0 Å². The molecule has 0 spiro atoms. The second-order valence-electron chi connectivity index (χ2n) is 0.283. The Morgan fingerprint density at radius 3 is 1.33 bits per heavy atom. The van der Waals surface area contributed by atoms with E-state index < -0.39 is 6.16 Å². The molecule has 0 aromatic carbocycles. The first-order valence-corrected chi connectivity index (χ1v) is 1.15. The zero-order valence-electron chi connectivity index (χ0n) is 2.62. The van der Waals surface area contributed by atoms with Gasteiger partial charge in [0.2, 0.25) is 0 Å². The fourth-order valence-corrected chi connectivity index (χ4v) is 0. The van der Waals surface area contributed by atoms with Crippen LogP contribution in [0.2, 0.25) is 0 Å². The summed E-state index contributed by atoms with van der Waals surface area (Å²) in [6.45, 7) is 0. The molecular weight excluding hydrogens is 108 g/mol. The van der Waals surface area contributed by atoms with E-state index in [1.165, 1.54) is 0 Å². The molecule has 0 aliphatic rings. The SMILES string of the molecule is O=C(O)O.O=S. The quantitative estimate of drug-likeness (QED) is 0.455. The molecule has 0 rings (SSSR count). The van der Waals surface area contributed by atoms with E-state index in [2.05, 4.69) is 12.5 Å². The Kier molecular flexibility index (Phi) is 13.3. The molecule has 0 aliphatic heterocycles. The van der Waals surface area contributed by atoms with E-state index in [0.29, 0.717) is 0 Å². The molecule has 4 nitrogen and oxygen atoms in total. The van der Waals surface area contributed by atoms with Crippen LogP contribution in [0.25, 0.3) is 0 Å². The molecule has 6 heavy (non-hydrogen) atoms. The van der Waals surface area contributed by atoms with Crippen LogP contribution in [0, 0.1) is 0 Å². The molecule has 0 saturated carbocycles. The van der Waals surface area contributed by atoms with Crippen molar-refractivity contribution in [3.05, 3.63) is 0 Å². The Morgan fingerprint density at radius 1 is 1.33 bits per heavy atom. The van der Waals surface area contributed by atoms with E-state index in [0.717, 1.165) is 0 Å². The molecule has 36 valence electrons. The summed E-state index contributed by atoms with van der Waals surface area (Å²) in [7, 11) is 0. The van der Waals surface area contributed by atoms with Gasteiger partial charge in [-0.3, -0.25) is 0 Å². The van der Waals surface area contributed by atoms with Gasteiger partial charge >= 0.3 is 6.16 Å². The molecule has 0 amide bonds. The van der Waals surface area contributed by atoms with Gasteiger partial charge in [-0.15, -0.1) is 0 Å². The minimum absolute atomic E-state index is 1.83. The zero-order valence-corrected chi connectivity index (χ0v) is 3.44. The van der Waals surface area contributed by atoms with Crippen molar-refractivity contribution in [2.75, 3.05) is 0 Å². The van der Waals surface area contributed by atoms with Crippen molar-refractivity contribution in [3.8, 4) is 0 Å². The summed E-state index contributed by atoms with van der Waals surface area (Å²) < 4.78 is 7.83. The number of carboxylic acid groups (broad SMARTS) is 2. The maximum absolute atomic E-state index is 8.56. The molecule has 0 aliphatic carbocycles.